The quantitative estimate of drug-likeness (QED) is 0.506. The Morgan fingerprint density at radius 2 is 1.67 bits per heavy atom. The maximum absolute atomic E-state index is 12.7. The Labute approximate surface area is 192 Å². The van der Waals surface area contributed by atoms with Crippen molar-refractivity contribution in [3.63, 3.8) is 0 Å². The zero-order valence-corrected chi connectivity index (χ0v) is 18.4. The van der Waals surface area contributed by atoms with E-state index in [1.807, 2.05) is 88.4 Å². The van der Waals surface area contributed by atoms with Gasteiger partial charge >= 0.3 is 0 Å². The Bertz CT molecular complexity index is 1260. The number of amides is 2. The van der Waals surface area contributed by atoms with Crippen molar-refractivity contribution in [1.29, 1.82) is 0 Å². The number of nitrogens with zero attached hydrogens (tertiary/aromatic N) is 3. The summed E-state index contributed by atoms with van der Waals surface area (Å²) in [6, 6.07) is 21.3. The Morgan fingerprint density at radius 1 is 0.909 bits per heavy atom. The van der Waals surface area contributed by atoms with Crippen LogP contribution in [0.5, 0.6) is 0 Å². The molecule has 1 aliphatic rings. The number of carbonyl (C=O) groups is 2. The molecule has 0 unspecified atom stereocenters. The van der Waals surface area contributed by atoms with E-state index in [-0.39, 0.29) is 11.8 Å². The second-order valence-corrected chi connectivity index (χ2v) is 8.46. The van der Waals surface area contributed by atoms with E-state index < -0.39 is 0 Å². The van der Waals surface area contributed by atoms with Crippen LogP contribution < -0.4 is 5.32 Å². The van der Waals surface area contributed by atoms with E-state index in [0.717, 1.165) is 42.7 Å². The molecule has 0 aliphatic carbocycles. The minimum atomic E-state index is -0.0898. The lowest BCUT2D eigenvalue weighted by atomic mass is 9.88. The Morgan fingerprint density at radius 3 is 2.42 bits per heavy atom. The van der Waals surface area contributed by atoms with Crippen molar-refractivity contribution in [2.75, 3.05) is 13.1 Å². The third kappa shape index (κ3) is 4.65. The van der Waals surface area contributed by atoms with Crippen LogP contribution in [0.3, 0.4) is 0 Å². The van der Waals surface area contributed by atoms with E-state index in [1.165, 1.54) is 5.56 Å². The minimum absolute atomic E-state index is 0.0898. The molecular weight excluding hydrogens is 412 g/mol. The van der Waals surface area contributed by atoms with Crippen LogP contribution in [0.1, 0.15) is 50.6 Å². The fourth-order valence-corrected chi connectivity index (χ4v) is 4.43. The first-order valence-corrected chi connectivity index (χ1v) is 11.3. The van der Waals surface area contributed by atoms with Crippen LogP contribution in [0, 0.1) is 0 Å². The van der Waals surface area contributed by atoms with Crippen molar-refractivity contribution in [2.45, 2.75) is 25.3 Å². The topological polar surface area (TPSA) is 66.7 Å². The van der Waals surface area contributed by atoms with Gasteiger partial charge in [-0.3, -0.25) is 9.59 Å². The smallest absolute Gasteiger partial charge is 0.253 e. The average molecular weight is 439 g/mol. The number of piperidine rings is 1. The standard InChI is InChI=1S/C27H26N4O2/c32-26(29-19-20-10-14-30-17-13-28-25(30)18-20)23-8-6-21(7-9-23)22-11-15-31(16-12-22)27(33)24-4-2-1-3-5-24/h1-10,13-14,17-18,22H,11-12,15-16,19H2,(H,29,32). The van der Waals surface area contributed by atoms with Crippen molar-refractivity contribution in [3.8, 4) is 0 Å². The summed E-state index contributed by atoms with van der Waals surface area (Å²) < 4.78 is 1.94. The number of rotatable bonds is 5. The summed E-state index contributed by atoms with van der Waals surface area (Å²) >= 11 is 0. The molecule has 0 radical (unpaired) electrons. The molecule has 5 rings (SSSR count). The van der Waals surface area contributed by atoms with E-state index >= 15 is 0 Å². The second-order valence-electron chi connectivity index (χ2n) is 8.46. The fourth-order valence-electron chi connectivity index (χ4n) is 4.43. The summed E-state index contributed by atoms with van der Waals surface area (Å²) in [5, 5.41) is 2.98. The van der Waals surface area contributed by atoms with Crippen LogP contribution in [-0.2, 0) is 6.54 Å². The number of hydrogen-bond acceptors (Lipinski definition) is 3. The number of hydrogen-bond donors (Lipinski definition) is 1. The fraction of sp³-hybridized carbons (Fsp3) is 0.222. The first-order chi connectivity index (χ1) is 16.2. The first kappa shape index (κ1) is 20.9. The normalized spacial score (nSPS) is 14.4. The van der Waals surface area contributed by atoms with Gasteiger partial charge in [0.25, 0.3) is 11.8 Å². The van der Waals surface area contributed by atoms with Gasteiger partial charge in [-0.25, -0.2) is 4.98 Å². The van der Waals surface area contributed by atoms with Crippen LogP contribution in [0.25, 0.3) is 5.65 Å². The van der Waals surface area contributed by atoms with Crippen LogP contribution in [0.4, 0.5) is 0 Å². The summed E-state index contributed by atoms with van der Waals surface area (Å²) in [6.07, 6.45) is 7.45. The summed E-state index contributed by atoms with van der Waals surface area (Å²) in [4.78, 5) is 31.5. The molecule has 2 amide bonds. The van der Waals surface area contributed by atoms with E-state index in [2.05, 4.69) is 10.3 Å². The molecule has 0 atom stereocenters. The number of aromatic nitrogens is 2. The third-order valence-electron chi connectivity index (χ3n) is 6.36. The Balaban J connectivity index is 1.15. The second kappa shape index (κ2) is 9.28. The lowest BCUT2D eigenvalue weighted by Crippen LogP contribution is -2.37. The molecule has 0 bridgehead atoms. The summed E-state index contributed by atoms with van der Waals surface area (Å²) in [7, 11) is 0. The Hall–Kier alpha value is -3.93. The van der Waals surface area contributed by atoms with Gasteiger partial charge in [0.15, 0.2) is 0 Å². The molecule has 2 aromatic heterocycles. The maximum atomic E-state index is 12.7. The van der Waals surface area contributed by atoms with Crippen LogP contribution >= 0.6 is 0 Å². The molecule has 166 valence electrons. The van der Waals surface area contributed by atoms with E-state index in [9.17, 15) is 9.59 Å². The minimum Gasteiger partial charge on any atom is -0.348 e. The van der Waals surface area contributed by atoms with Gasteiger partial charge in [-0.2, -0.15) is 0 Å². The molecule has 1 N–H and O–H groups in total. The lowest BCUT2D eigenvalue weighted by molar-refractivity contribution is 0.0712. The lowest BCUT2D eigenvalue weighted by Gasteiger charge is -2.32. The van der Waals surface area contributed by atoms with Crippen LogP contribution in [-0.4, -0.2) is 39.2 Å². The molecular formula is C27H26N4O2. The van der Waals surface area contributed by atoms with Crippen molar-refractivity contribution in [3.05, 3.63) is 108 Å². The van der Waals surface area contributed by atoms with Gasteiger partial charge < -0.3 is 14.6 Å². The SMILES string of the molecule is O=C(NCc1ccn2ccnc2c1)c1ccc(C2CCN(C(=O)c3ccccc3)CC2)cc1. The predicted molar refractivity (Wildman–Crippen MR) is 127 cm³/mol. The maximum Gasteiger partial charge on any atom is 0.253 e. The number of likely N-dealkylation sites (tertiary alicyclic amines) is 1. The van der Waals surface area contributed by atoms with Gasteiger partial charge in [0.2, 0.25) is 0 Å². The zero-order chi connectivity index (χ0) is 22.6. The summed E-state index contributed by atoms with van der Waals surface area (Å²) in [6.45, 7) is 1.96. The highest BCUT2D eigenvalue weighted by Gasteiger charge is 2.24. The first-order valence-electron chi connectivity index (χ1n) is 11.3. The van der Waals surface area contributed by atoms with Gasteiger partial charge in [0, 0.05) is 49.4 Å². The number of carbonyl (C=O) groups excluding carboxylic acids is 2. The Kier molecular flexibility index (Phi) is 5.89. The average Bonchev–Trinajstić information content (AvgIpc) is 3.35. The molecule has 0 saturated carbocycles. The monoisotopic (exact) mass is 438 g/mol. The molecule has 4 aromatic rings. The van der Waals surface area contributed by atoms with Crippen molar-refractivity contribution < 1.29 is 9.59 Å². The van der Waals surface area contributed by atoms with Gasteiger partial charge in [-0.15, -0.1) is 0 Å². The molecule has 2 aromatic carbocycles. The molecule has 33 heavy (non-hydrogen) atoms. The van der Waals surface area contributed by atoms with E-state index in [1.54, 1.807) is 6.20 Å². The molecule has 1 saturated heterocycles. The molecule has 6 nitrogen and oxygen atoms in total. The summed E-state index contributed by atoms with van der Waals surface area (Å²) in [5.74, 6) is 0.421. The largest absolute Gasteiger partial charge is 0.348 e. The van der Waals surface area contributed by atoms with Crippen LogP contribution in [0.2, 0.25) is 0 Å². The van der Waals surface area contributed by atoms with Gasteiger partial charge in [0.05, 0.1) is 0 Å². The predicted octanol–water partition coefficient (Wildman–Crippen LogP) is 4.28. The number of benzene rings is 2. The molecule has 6 heteroatoms. The van der Waals surface area contributed by atoms with Gasteiger partial charge in [-0.05, 0) is 66.3 Å². The number of pyridine rings is 1. The van der Waals surface area contributed by atoms with E-state index in [0.29, 0.717) is 18.0 Å². The molecule has 1 aliphatic heterocycles. The van der Waals surface area contributed by atoms with Gasteiger partial charge in [-0.1, -0.05) is 30.3 Å². The van der Waals surface area contributed by atoms with Crippen molar-refractivity contribution in [1.82, 2.24) is 19.6 Å². The van der Waals surface area contributed by atoms with Crippen molar-refractivity contribution >= 4 is 17.5 Å². The summed E-state index contributed by atoms with van der Waals surface area (Å²) in [5.41, 5.74) is 4.49. The van der Waals surface area contributed by atoms with E-state index in [4.69, 9.17) is 0 Å². The molecule has 3 heterocycles. The number of nitrogens with one attached hydrogen (secondary N) is 1. The molecule has 0 spiro atoms. The third-order valence-corrected chi connectivity index (χ3v) is 6.36. The van der Waals surface area contributed by atoms with Gasteiger partial charge in [0.1, 0.15) is 5.65 Å². The highest BCUT2D eigenvalue weighted by atomic mass is 16.2. The van der Waals surface area contributed by atoms with Crippen molar-refractivity contribution in [2.24, 2.45) is 0 Å². The highest BCUT2D eigenvalue weighted by molar-refractivity contribution is 5.94. The molecule has 1 fully saturated rings. The number of imidazole rings is 1. The van der Waals surface area contributed by atoms with Crippen LogP contribution in [0.15, 0.2) is 85.3 Å². The zero-order valence-electron chi connectivity index (χ0n) is 18.4. The highest BCUT2D eigenvalue weighted by Crippen LogP contribution is 2.29. The number of fused-ring (bicyclic) bond motifs is 1.